The Bertz CT molecular complexity index is 882. The number of carbonyl (C=O) groups excluding carboxylic acids is 1. The van der Waals surface area contributed by atoms with Gasteiger partial charge in [0.15, 0.2) is 0 Å². The number of nitrogens with zero attached hydrogens (tertiary/aromatic N) is 3. The molecule has 6 heteroatoms. The molecule has 3 rings (SSSR count). The topological polar surface area (TPSA) is 50.2 Å². The SMILES string of the molecule is CN(C)CCCNC(=O)C=Cc1cn(-c2ccccc2)nc1-c1cccs1. The molecule has 0 aliphatic carbocycles. The van der Waals surface area contributed by atoms with Crippen LogP contribution in [-0.4, -0.2) is 47.8 Å². The van der Waals surface area contributed by atoms with Crippen LogP contribution in [0.25, 0.3) is 22.3 Å². The standard InChI is InChI=1S/C21H24N4OS/c1-24(2)14-7-13-22-20(26)12-11-17-16-25(18-8-4-3-5-9-18)23-21(17)19-10-6-15-27-19/h3-6,8-12,15-16H,7,13-14H2,1-2H3,(H,22,26). The molecule has 1 amide bonds. The Kier molecular flexibility index (Phi) is 6.57. The van der Waals surface area contributed by atoms with E-state index < -0.39 is 0 Å². The molecule has 0 spiro atoms. The molecule has 140 valence electrons. The van der Waals surface area contributed by atoms with Gasteiger partial charge in [0.2, 0.25) is 5.91 Å². The lowest BCUT2D eigenvalue weighted by molar-refractivity contribution is -0.116. The Morgan fingerprint density at radius 3 is 2.74 bits per heavy atom. The summed E-state index contributed by atoms with van der Waals surface area (Å²) < 4.78 is 1.85. The molecule has 5 nitrogen and oxygen atoms in total. The van der Waals surface area contributed by atoms with Crippen molar-refractivity contribution in [3.05, 3.63) is 65.7 Å². The number of nitrogens with one attached hydrogen (secondary N) is 1. The maximum absolute atomic E-state index is 12.1. The van der Waals surface area contributed by atoms with E-state index in [4.69, 9.17) is 5.10 Å². The number of hydrogen-bond acceptors (Lipinski definition) is 4. The molecule has 2 aromatic heterocycles. The van der Waals surface area contributed by atoms with Gasteiger partial charge in [0.1, 0.15) is 5.69 Å². The number of carbonyl (C=O) groups is 1. The number of thiophene rings is 1. The van der Waals surface area contributed by atoms with E-state index in [2.05, 4.69) is 10.2 Å². The highest BCUT2D eigenvalue weighted by atomic mass is 32.1. The number of para-hydroxylation sites is 1. The Hall–Kier alpha value is -2.70. The predicted octanol–water partition coefficient (Wildman–Crippen LogP) is 3.68. The van der Waals surface area contributed by atoms with Crippen molar-refractivity contribution >= 4 is 23.3 Å². The second-order valence-electron chi connectivity index (χ2n) is 6.47. The minimum atomic E-state index is -0.0849. The minimum Gasteiger partial charge on any atom is -0.353 e. The number of amides is 1. The summed E-state index contributed by atoms with van der Waals surface area (Å²) in [4.78, 5) is 15.3. The first kappa shape index (κ1) is 19.1. The summed E-state index contributed by atoms with van der Waals surface area (Å²) in [5.41, 5.74) is 2.79. The van der Waals surface area contributed by atoms with E-state index in [9.17, 15) is 4.79 Å². The third-order valence-corrected chi connectivity index (χ3v) is 4.89. The molecular formula is C21H24N4OS. The van der Waals surface area contributed by atoms with E-state index in [1.165, 1.54) is 0 Å². The van der Waals surface area contributed by atoms with Gasteiger partial charge in [0.05, 0.1) is 10.6 Å². The van der Waals surface area contributed by atoms with Gasteiger partial charge in [-0.05, 0) is 56.7 Å². The number of benzene rings is 1. The van der Waals surface area contributed by atoms with Crippen LogP contribution in [-0.2, 0) is 4.79 Å². The number of aromatic nitrogens is 2. The van der Waals surface area contributed by atoms with Crippen molar-refractivity contribution in [2.45, 2.75) is 6.42 Å². The molecule has 3 aromatic rings. The molecule has 1 aromatic carbocycles. The van der Waals surface area contributed by atoms with Crippen LogP contribution < -0.4 is 5.32 Å². The van der Waals surface area contributed by atoms with Gasteiger partial charge in [-0.25, -0.2) is 4.68 Å². The van der Waals surface area contributed by atoms with Crippen LogP contribution in [0, 0.1) is 0 Å². The molecule has 0 atom stereocenters. The molecule has 27 heavy (non-hydrogen) atoms. The fourth-order valence-corrected chi connectivity index (χ4v) is 3.39. The lowest BCUT2D eigenvalue weighted by atomic mass is 10.2. The molecule has 1 N–H and O–H groups in total. The van der Waals surface area contributed by atoms with Gasteiger partial charge in [-0.2, -0.15) is 5.10 Å². The summed E-state index contributed by atoms with van der Waals surface area (Å²) in [5.74, 6) is -0.0849. The molecule has 0 bridgehead atoms. The van der Waals surface area contributed by atoms with Gasteiger partial charge in [0.25, 0.3) is 0 Å². The van der Waals surface area contributed by atoms with Gasteiger partial charge in [-0.15, -0.1) is 11.3 Å². The van der Waals surface area contributed by atoms with E-state index in [-0.39, 0.29) is 5.91 Å². The fourth-order valence-electron chi connectivity index (χ4n) is 2.66. The first-order valence-corrected chi connectivity index (χ1v) is 9.81. The van der Waals surface area contributed by atoms with Crippen molar-refractivity contribution in [2.24, 2.45) is 0 Å². The van der Waals surface area contributed by atoms with Gasteiger partial charge < -0.3 is 10.2 Å². The quantitative estimate of drug-likeness (QED) is 0.479. The fraction of sp³-hybridized carbons (Fsp3) is 0.238. The molecule has 0 unspecified atom stereocenters. The average molecular weight is 381 g/mol. The Labute approximate surface area is 163 Å². The largest absolute Gasteiger partial charge is 0.353 e. The van der Waals surface area contributed by atoms with E-state index >= 15 is 0 Å². The molecule has 0 fully saturated rings. The van der Waals surface area contributed by atoms with Crippen LogP contribution in [0.3, 0.4) is 0 Å². The zero-order valence-electron chi connectivity index (χ0n) is 15.6. The van der Waals surface area contributed by atoms with E-state index in [0.717, 1.165) is 34.8 Å². The van der Waals surface area contributed by atoms with Gasteiger partial charge >= 0.3 is 0 Å². The summed E-state index contributed by atoms with van der Waals surface area (Å²) in [7, 11) is 4.05. The zero-order chi connectivity index (χ0) is 19.1. The number of rotatable bonds is 8. The first-order valence-electron chi connectivity index (χ1n) is 8.93. The highest BCUT2D eigenvalue weighted by molar-refractivity contribution is 7.13. The first-order chi connectivity index (χ1) is 13.1. The number of hydrogen-bond donors (Lipinski definition) is 1. The summed E-state index contributed by atoms with van der Waals surface area (Å²) in [5, 5.41) is 9.69. The summed E-state index contributed by atoms with van der Waals surface area (Å²) >= 11 is 1.64. The molecule has 0 saturated heterocycles. The van der Waals surface area contributed by atoms with Gasteiger partial charge in [-0.1, -0.05) is 24.3 Å². The Balaban J connectivity index is 1.75. The zero-order valence-corrected chi connectivity index (χ0v) is 16.4. The predicted molar refractivity (Wildman–Crippen MR) is 112 cm³/mol. The van der Waals surface area contributed by atoms with Crippen LogP contribution in [0.5, 0.6) is 0 Å². The summed E-state index contributed by atoms with van der Waals surface area (Å²) in [6, 6.07) is 14.0. The third-order valence-electron chi connectivity index (χ3n) is 4.01. The van der Waals surface area contributed by atoms with Gasteiger partial charge in [0, 0.05) is 24.4 Å². The van der Waals surface area contributed by atoms with Crippen molar-refractivity contribution in [1.82, 2.24) is 20.0 Å². The molecule has 0 radical (unpaired) electrons. The molecule has 0 aliphatic rings. The van der Waals surface area contributed by atoms with Crippen LogP contribution in [0.2, 0.25) is 0 Å². The maximum atomic E-state index is 12.1. The lowest BCUT2D eigenvalue weighted by Gasteiger charge is -2.08. The Morgan fingerprint density at radius 1 is 1.22 bits per heavy atom. The molecular weight excluding hydrogens is 356 g/mol. The van der Waals surface area contributed by atoms with Crippen LogP contribution in [0.4, 0.5) is 0 Å². The molecule has 2 heterocycles. The summed E-state index contributed by atoms with van der Waals surface area (Å²) in [6.45, 7) is 1.62. The van der Waals surface area contributed by atoms with E-state index in [1.807, 2.05) is 78.9 Å². The van der Waals surface area contributed by atoms with Crippen molar-refractivity contribution in [1.29, 1.82) is 0 Å². The van der Waals surface area contributed by atoms with Crippen molar-refractivity contribution < 1.29 is 4.79 Å². The van der Waals surface area contributed by atoms with Crippen molar-refractivity contribution in [2.75, 3.05) is 27.2 Å². The van der Waals surface area contributed by atoms with Gasteiger partial charge in [-0.3, -0.25) is 4.79 Å². The second-order valence-corrected chi connectivity index (χ2v) is 7.42. The molecule has 0 aliphatic heterocycles. The maximum Gasteiger partial charge on any atom is 0.244 e. The Morgan fingerprint density at radius 2 is 2.04 bits per heavy atom. The highest BCUT2D eigenvalue weighted by Gasteiger charge is 2.11. The lowest BCUT2D eigenvalue weighted by Crippen LogP contribution is -2.25. The highest BCUT2D eigenvalue weighted by Crippen LogP contribution is 2.28. The second kappa shape index (κ2) is 9.30. The molecule has 0 saturated carbocycles. The summed E-state index contributed by atoms with van der Waals surface area (Å²) in [6.07, 6.45) is 6.31. The normalized spacial score (nSPS) is 11.4. The third kappa shape index (κ3) is 5.39. The monoisotopic (exact) mass is 380 g/mol. The van der Waals surface area contributed by atoms with Crippen LogP contribution >= 0.6 is 11.3 Å². The van der Waals surface area contributed by atoms with Crippen LogP contribution in [0.1, 0.15) is 12.0 Å². The average Bonchev–Trinajstić information content (AvgIpc) is 3.33. The van der Waals surface area contributed by atoms with Crippen LogP contribution in [0.15, 0.2) is 60.1 Å². The van der Waals surface area contributed by atoms with Crippen molar-refractivity contribution in [3.63, 3.8) is 0 Å². The smallest absolute Gasteiger partial charge is 0.244 e. The van der Waals surface area contributed by atoms with Crippen molar-refractivity contribution in [3.8, 4) is 16.3 Å². The minimum absolute atomic E-state index is 0.0849. The van der Waals surface area contributed by atoms with E-state index in [0.29, 0.717) is 6.54 Å². The van der Waals surface area contributed by atoms with E-state index in [1.54, 1.807) is 17.4 Å².